The number of hydrogen-bond donors (Lipinski definition) is 3. The van der Waals surface area contributed by atoms with E-state index in [2.05, 4.69) is 10.4 Å². The molecule has 3 aromatic rings. The zero-order chi connectivity index (χ0) is 17.4. The Morgan fingerprint density at radius 3 is 2.56 bits per heavy atom. The second-order valence-corrected chi connectivity index (χ2v) is 7.10. The van der Waals surface area contributed by atoms with Gasteiger partial charge in [0.2, 0.25) is 0 Å². The minimum atomic E-state index is 0.323. The lowest BCUT2D eigenvalue weighted by Gasteiger charge is -2.24. The van der Waals surface area contributed by atoms with E-state index in [1.165, 1.54) is 0 Å². The molecule has 2 heterocycles. The predicted molar refractivity (Wildman–Crippen MR) is 101 cm³/mol. The first-order valence-electron chi connectivity index (χ1n) is 8.52. The number of imidazole rings is 1. The normalized spacial score (nSPS) is 20.7. The van der Waals surface area contributed by atoms with Gasteiger partial charge in [0.05, 0.1) is 17.6 Å². The predicted octanol–water partition coefficient (Wildman–Crippen LogP) is 3.69. The fourth-order valence-corrected chi connectivity index (χ4v) is 3.53. The number of nitrogen functional groups attached to an aromatic ring is 1. The molecule has 1 saturated carbocycles. The number of nitrogens with two attached hydrogens (primary N) is 2. The fraction of sp³-hybridized carbons (Fsp3) is 0.333. The summed E-state index contributed by atoms with van der Waals surface area (Å²) in [5.41, 5.74) is 15.6. The van der Waals surface area contributed by atoms with E-state index in [1.54, 1.807) is 10.6 Å². The Labute approximate surface area is 151 Å². The van der Waals surface area contributed by atoms with E-state index in [-0.39, 0.29) is 0 Å². The Morgan fingerprint density at radius 2 is 1.84 bits per heavy atom. The Balaban J connectivity index is 1.68. The molecule has 0 amide bonds. The maximum Gasteiger partial charge on any atom is 0.177 e. The molecule has 6 nitrogen and oxygen atoms in total. The zero-order valence-electron chi connectivity index (χ0n) is 13.8. The van der Waals surface area contributed by atoms with Crippen molar-refractivity contribution in [3.63, 3.8) is 0 Å². The zero-order valence-corrected chi connectivity index (χ0v) is 14.6. The molecule has 2 aromatic heterocycles. The Kier molecular flexibility index (Phi) is 4.23. The molecule has 0 radical (unpaired) electrons. The van der Waals surface area contributed by atoms with Gasteiger partial charge in [-0.3, -0.25) is 0 Å². The summed E-state index contributed by atoms with van der Waals surface area (Å²) in [7, 11) is 0. The smallest absolute Gasteiger partial charge is 0.177 e. The molecule has 0 aliphatic heterocycles. The van der Waals surface area contributed by atoms with Crippen molar-refractivity contribution in [1.29, 1.82) is 0 Å². The van der Waals surface area contributed by atoms with Crippen LogP contribution in [0.4, 0.5) is 17.2 Å². The molecule has 1 aromatic carbocycles. The second kappa shape index (κ2) is 6.54. The van der Waals surface area contributed by atoms with Crippen LogP contribution >= 0.6 is 11.6 Å². The van der Waals surface area contributed by atoms with Crippen LogP contribution in [-0.4, -0.2) is 20.6 Å². The SMILES string of the molecule is Nc1cc(Nc2ccc(Cl)cc2)c2nc(C3CCC(N)CC3)cn2n1. The van der Waals surface area contributed by atoms with Gasteiger partial charge in [0.25, 0.3) is 0 Å². The average Bonchev–Trinajstić information content (AvgIpc) is 3.01. The lowest BCUT2D eigenvalue weighted by Crippen LogP contribution is -2.25. The van der Waals surface area contributed by atoms with E-state index in [4.69, 9.17) is 28.1 Å². The third-order valence-electron chi connectivity index (χ3n) is 4.78. The molecule has 4 rings (SSSR count). The highest BCUT2D eigenvalue weighted by molar-refractivity contribution is 6.30. The van der Waals surface area contributed by atoms with E-state index in [9.17, 15) is 0 Å². The monoisotopic (exact) mass is 356 g/mol. The summed E-state index contributed by atoms with van der Waals surface area (Å²) in [6.07, 6.45) is 6.22. The van der Waals surface area contributed by atoms with Crippen LogP contribution in [-0.2, 0) is 0 Å². The quantitative estimate of drug-likeness (QED) is 0.665. The molecule has 0 saturated heterocycles. The number of hydrogen-bond acceptors (Lipinski definition) is 5. The van der Waals surface area contributed by atoms with Crippen LogP contribution < -0.4 is 16.8 Å². The molecule has 130 valence electrons. The topological polar surface area (TPSA) is 94.3 Å². The minimum absolute atomic E-state index is 0.323. The Hall–Kier alpha value is -2.31. The number of benzene rings is 1. The lowest BCUT2D eigenvalue weighted by atomic mass is 9.85. The van der Waals surface area contributed by atoms with Crippen LogP contribution in [0.15, 0.2) is 36.5 Å². The van der Waals surface area contributed by atoms with Crippen molar-refractivity contribution < 1.29 is 0 Å². The third kappa shape index (κ3) is 3.41. The van der Waals surface area contributed by atoms with Crippen molar-refractivity contribution in [3.05, 3.63) is 47.2 Å². The number of halogens is 1. The van der Waals surface area contributed by atoms with Crippen LogP contribution in [0.2, 0.25) is 5.02 Å². The highest BCUT2D eigenvalue weighted by Gasteiger charge is 2.23. The number of nitrogens with zero attached hydrogens (tertiary/aromatic N) is 3. The molecule has 1 aliphatic rings. The Bertz CT molecular complexity index is 880. The highest BCUT2D eigenvalue weighted by Crippen LogP contribution is 2.33. The van der Waals surface area contributed by atoms with Crippen molar-refractivity contribution in [2.45, 2.75) is 37.6 Å². The van der Waals surface area contributed by atoms with E-state index < -0.39 is 0 Å². The summed E-state index contributed by atoms with van der Waals surface area (Å²) in [4.78, 5) is 4.83. The maximum atomic E-state index is 6.02. The Morgan fingerprint density at radius 1 is 1.12 bits per heavy atom. The van der Waals surface area contributed by atoms with Crippen LogP contribution in [0.25, 0.3) is 5.65 Å². The fourth-order valence-electron chi connectivity index (χ4n) is 3.41. The summed E-state index contributed by atoms with van der Waals surface area (Å²) in [6, 6.07) is 9.65. The first kappa shape index (κ1) is 16.2. The molecule has 5 N–H and O–H groups in total. The van der Waals surface area contributed by atoms with Gasteiger partial charge in [-0.15, -0.1) is 5.10 Å². The van der Waals surface area contributed by atoms with Gasteiger partial charge in [-0.25, -0.2) is 9.50 Å². The second-order valence-electron chi connectivity index (χ2n) is 6.66. The molecular weight excluding hydrogens is 336 g/mol. The van der Waals surface area contributed by atoms with Gasteiger partial charge in [-0.1, -0.05) is 11.6 Å². The van der Waals surface area contributed by atoms with Gasteiger partial charge >= 0.3 is 0 Å². The molecule has 0 spiro atoms. The first-order chi connectivity index (χ1) is 12.1. The summed E-state index contributed by atoms with van der Waals surface area (Å²) in [5.74, 6) is 0.879. The van der Waals surface area contributed by atoms with Crippen LogP contribution in [0, 0.1) is 0 Å². The third-order valence-corrected chi connectivity index (χ3v) is 5.03. The molecule has 0 unspecified atom stereocenters. The highest BCUT2D eigenvalue weighted by atomic mass is 35.5. The molecule has 25 heavy (non-hydrogen) atoms. The van der Waals surface area contributed by atoms with E-state index in [0.29, 0.717) is 22.8 Å². The van der Waals surface area contributed by atoms with E-state index in [1.807, 2.05) is 30.5 Å². The van der Waals surface area contributed by atoms with Crippen molar-refractivity contribution in [1.82, 2.24) is 14.6 Å². The van der Waals surface area contributed by atoms with Gasteiger partial charge in [-0.2, -0.15) is 0 Å². The molecule has 7 heteroatoms. The number of nitrogens with one attached hydrogen (secondary N) is 1. The van der Waals surface area contributed by atoms with E-state index in [0.717, 1.165) is 48.4 Å². The summed E-state index contributed by atoms with van der Waals surface area (Å²) in [5, 5.41) is 8.42. The van der Waals surface area contributed by atoms with Crippen LogP contribution in [0.3, 0.4) is 0 Å². The van der Waals surface area contributed by atoms with Crippen molar-refractivity contribution in [3.8, 4) is 0 Å². The molecule has 1 fully saturated rings. The standard InChI is InChI=1S/C18H21ClN6/c19-12-3-7-14(8-4-12)22-15-9-17(21)24-25-10-16(23-18(15)25)11-1-5-13(20)6-2-11/h3-4,7-11,13,22H,1-2,5-6,20H2,(H2,21,24). The van der Waals surface area contributed by atoms with Crippen molar-refractivity contribution >= 4 is 34.4 Å². The average molecular weight is 357 g/mol. The van der Waals surface area contributed by atoms with Crippen molar-refractivity contribution in [2.75, 3.05) is 11.1 Å². The van der Waals surface area contributed by atoms with Gasteiger partial charge in [0.1, 0.15) is 5.82 Å². The van der Waals surface area contributed by atoms with Gasteiger partial charge in [0.15, 0.2) is 5.65 Å². The largest absolute Gasteiger partial charge is 0.382 e. The number of anilines is 3. The molecule has 1 aliphatic carbocycles. The number of rotatable bonds is 3. The van der Waals surface area contributed by atoms with Crippen LogP contribution in [0.1, 0.15) is 37.3 Å². The molecular formula is C18H21ClN6. The maximum absolute atomic E-state index is 6.02. The summed E-state index contributed by atoms with van der Waals surface area (Å²) < 4.78 is 1.76. The number of fused-ring (bicyclic) bond motifs is 1. The van der Waals surface area contributed by atoms with E-state index >= 15 is 0 Å². The van der Waals surface area contributed by atoms with Crippen molar-refractivity contribution in [2.24, 2.45) is 5.73 Å². The first-order valence-corrected chi connectivity index (χ1v) is 8.90. The number of aromatic nitrogens is 3. The molecule has 0 atom stereocenters. The van der Waals surface area contributed by atoms with Gasteiger partial charge < -0.3 is 16.8 Å². The van der Waals surface area contributed by atoms with Gasteiger partial charge in [0, 0.05) is 28.7 Å². The lowest BCUT2D eigenvalue weighted by molar-refractivity contribution is 0.391. The minimum Gasteiger partial charge on any atom is -0.382 e. The summed E-state index contributed by atoms with van der Waals surface area (Å²) >= 11 is 5.95. The van der Waals surface area contributed by atoms with Gasteiger partial charge in [-0.05, 0) is 49.9 Å². The molecule has 0 bridgehead atoms. The van der Waals surface area contributed by atoms with Crippen LogP contribution in [0.5, 0.6) is 0 Å². The summed E-state index contributed by atoms with van der Waals surface area (Å²) in [6.45, 7) is 0.